The normalized spacial score (nSPS) is 26.4. The minimum Gasteiger partial charge on any atom is -0.377 e. The standard InChI is InChI=1S/C14H20BrN3O2/c1-2-11-10(4-3-7-20-11)14(19)17-5-6-18-12(15)8-16-13(18)9-17/h8,10-11H,2-7,9H2,1H3/t10-,11+/m1/s1. The van der Waals surface area contributed by atoms with Crippen molar-refractivity contribution in [3.8, 4) is 0 Å². The number of carbonyl (C=O) groups is 1. The van der Waals surface area contributed by atoms with Crippen LogP contribution in [0.4, 0.5) is 0 Å². The van der Waals surface area contributed by atoms with Crippen molar-refractivity contribution in [3.63, 3.8) is 0 Å². The highest BCUT2D eigenvalue weighted by Gasteiger charge is 2.35. The van der Waals surface area contributed by atoms with Gasteiger partial charge in [-0.2, -0.15) is 0 Å². The van der Waals surface area contributed by atoms with E-state index in [1.807, 2.05) is 11.1 Å². The van der Waals surface area contributed by atoms with Crippen LogP contribution >= 0.6 is 15.9 Å². The molecule has 6 heteroatoms. The van der Waals surface area contributed by atoms with Crippen LogP contribution in [0.2, 0.25) is 0 Å². The Morgan fingerprint density at radius 2 is 2.40 bits per heavy atom. The van der Waals surface area contributed by atoms with E-state index in [2.05, 4.69) is 32.4 Å². The van der Waals surface area contributed by atoms with Crippen LogP contribution in [-0.4, -0.2) is 39.6 Å². The largest absolute Gasteiger partial charge is 0.377 e. The Morgan fingerprint density at radius 3 is 3.20 bits per heavy atom. The zero-order chi connectivity index (χ0) is 14.1. The van der Waals surface area contributed by atoms with Gasteiger partial charge in [0.25, 0.3) is 0 Å². The summed E-state index contributed by atoms with van der Waals surface area (Å²) in [6, 6.07) is 0. The minimum absolute atomic E-state index is 0.0266. The highest BCUT2D eigenvalue weighted by molar-refractivity contribution is 9.10. The Balaban J connectivity index is 1.72. The topological polar surface area (TPSA) is 47.4 Å². The van der Waals surface area contributed by atoms with Gasteiger partial charge in [-0.05, 0) is 35.2 Å². The van der Waals surface area contributed by atoms with E-state index >= 15 is 0 Å². The zero-order valence-electron chi connectivity index (χ0n) is 11.7. The molecule has 0 spiro atoms. The Morgan fingerprint density at radius 1 is 1.55 bits per heavy atom. The molecule has 2 atom stereocenters. The maximum atomic E-state index is 12.7. The number of amides is 1. The first kappa shape index (κ1) is 14.1. The van der Waals surface area contributed by atoms with Crippen LogP contribution in [0.25, 0.3) is 0 Å². The average molecular weight is 342 g/mol. The number of hydrogen-bond donors (Lipinski definition) is 0. The molecule has 1 amide bonds. The van der Waals surface area contributed by atoms with Gasteiger partial charge < -0.3 is 14.2 Å². The fourth-order valence-corrected chi connectivity index (χ4v) is 3.65. The van der Waals surface area contributed by atoms with Gasteiger partial charge in [0.05, 0.1) is 24.8 Å². The van der Waals surface area contributed by atoms with Crippen molar-refractivity contribution in [2.24, 2.45) is 5.92 Å². The molecule has 3 rings (SSSR count). The third-order valence-corrected chi connectivity index (χ3v) is 4.92. The van der Waals surface area contributed by atoms with Crippen LogP contribution in [0.15, 0.2) is 10.8 Å². The lowest BCUT2D eigenvalue weighted by Crippen LogP contribution is -2.46. The summed E-state index contributed by atoms with van der Waals surface area (Å²) >= 11 is 3.48. The molecule has 0 radical (unpaired) electrons. The summed E-state index contributed by atoms with van der Waals surface area (Å²) in [5.74, 6) is 1.22. The number of fused-ring (bicyclic) bond motifs is 1. The van der Waals surface area contributed by atoms with Crippen LogP contribution in [0, 0.1) is 5.92 Å². The molecule has 3 heterocycles. The van der Waals surface area contributed by atoms with Crippen molar-refractivity contribution in [1.82, 2.24) is 14.5 Å². The van der Waals surface area contributed by atoms with Gasteiger partial charge in [-0.1, -0.05) is 6.92 Å². The Bertz CT molecular complexity index is 503. The lowest BCUT2D eigenvalue weighted by molar-refractivity contribution is -0.146. The van der Waals surface area contributed by atoms with Crippen LogP contribution in [0.1, 0.15) is 32.0 Å². The van der Waals surface area contributed by atoms with Crippen LogP contribution < -0.4 is 0 Å². The molecule has 0 N–H and O–H groups in total. The second-order valence-corrected chi connectivity index (χ2v) is 6.29. The average Bonchev–Trinajstić information content (AvgIpc) is 2.87. The van der Waals surface area contributed by atoms with E-state index in [4.69, 9.17) is 4.74 Å². The molecular formula is C14H20BrN3O2. The van der Waals surface area contributed by atoms with Crippen LogP contribution in [0.5, 0.6) is 0 Å². The molecule has 2 aliphatic rings. The molecule has 1 aromatic heterocycles. The second-order valence-electron chi connectivity index (χ2n) is 5.47. The van der Waals surface area contributed by atoms with Crippen molar-refractivity contribution in [3.05, 3.63) is 16.6 Å². The monoisotopic (exact) mass is 341 g/mol. The minimum atomic E-state index is 0.0266. The Hall–Kier alpha value is -0.880. The van der Waals surface area contributed by atoms with E-state index in [0.29, 0.717) is 6.54 Å². The van der Waals surface area contributed by atoms with Crippen molar-refractivity contribution >= 4 is 21.8 Å². The number of nitrogens with zero attached hydrogens (tertiary/aromatic N) is 3. The van der Waals surface area contributed by atoms with E-state index in [1.165, 1.54) is 0 Å². The number of aromatic nitrogens is 2. The maximum absolute atomic E-state index is 12.7. The molecule has 0 aliphatic carbocycles. The van der Waals surface area contributed by atoms with Crippen molar-refractivity contribution in [2.45, 2.75) is 45.4 Å². The SMILES string of the molecule is CC[C@@H]1OCCC[C@H]1C(=O)N1CCn2c(Br)cnc2C1. The van der Waals surface area contributed by atoms with E-state index in [0.717, 1.165) is 49.4 Å². The number of rotatable bonds is 2. The van der Waals surface area contributed by atoms with Gasteiger partial charge in [0, 0.05) is 19.7 Å². The van der Waals surface area contributed by atoms with E-state index in [1.54, 1.807) is 0 Å². The number of imidazole rings is 1. The number of hydrogen-bond acceptors (Lipinski definition) is 3. The smallest absolute Gasteiger partial charge is 0.228 e. The molecule has 0 saturated carbocycles. The zero-order valence-corrected chi connectivity index (χ0v) is 13.3. The highest BCUT2D eigenvalue weighted by Crippen LogP contribution is 2.27. The summed E-state index contributed by atoms with van der Waals surface area (Å²) in [7, 11) is 0. The molecule has 2 aliphatic heterocycles. The molecule has 20 heavy (non-hydrogen) atoms. The fraction of sp³-hybridized carbons (Fsp3) is 0.714. The Labute approximate surface area is 127 Å². The molecule has 110 valence electrons. The summed E-state index contributed by atoms with van der Waals surface area (Å²) < 4.78 is 8.87. The Kier molecular flexibility index (Phi) is 4.12. The molecule has 5 nitrogen and oxygen atoms in total. The van der Waals surface area contributed by atoms with Gasteiger partial charge in [0.15, 0.2) is 0 Å². The predicted molar refractivity (Wildman–Crippen MR) is 78.1 cm³/mol. The fourth-order valence-electron chi connectivity index (χ4n) is 3.17. The second kappa shape index (κ2) is 5.85. The first-order valence-corrected chi connectivity index (χ1v) is 8.10. The summed E-state index contributed by atoms with van der Waals surface area (Å²) in [5.41, 5.74) is 0. The summed E-state index contributed by atoms with van der Waals surface area (Å²) in [6.07, 6.45) is 4.74. The third kappa shape index (κ3) is 2.51. The van der Waals surface area contributed by atoms with Gasteiger partial charge in [-0.3, -0.25) is 4.79 Å². The van der Waals surface area contributed by atoms with Gasteiger partial charge in [-0.25, -0.2) is 4.98 Å². The van der Waals surface area contributed by atoms with E-state index in [9.17, 15) is 4.79 Å². The molecule has 1 aromatic rings. The highest BCUT2D eigenvalue weighted by atomic mass is 79.9. The first-order chi connectivity index (χ1) is 9.70. The van der Waals surface area contributed by atoms with Crippen molar-refractivity contribution < 1.29 is 9.53 Å². The molecule has 0 aromatic carbocycles. The molecule has 1 saturated heterocycles. The van der Waals surface area contributed by atoms with Gasteiger partial charge >= 0.3 is 0 Å². The van der Waals surface area contributed by atoms with Crippen molar-refractivity contribution in [1.29, 1.82) is 0 Å². The molecule has 0 unspecified atom stereocenters. The lowest BCUT2D eigenvalue weighted by atomic mass is 9.91. The number of ether oxygens (including phenoxy) is 1. The summed E-state index contributed by atoms with van der Waals surface area (Å²) in [4.78, 5) is 19.0. The maximum Gasteiger partial charge on any atom is 0.228 e. The molecule has 1 fully saturated rings. The number of carbonyl (C=O) groups excluding carboxylic acids is 1. The van der Waals surface area contributed by atoms with Crippen molar-refractivity contribution in [2.75, 3.05) is 13.2 Å². The first-order valence-electron chi connectivity index (χ1n) is 7.31. The molecular weight excluding hydrogens is 322 g/mol. The van der Waals surface area contributed by atoms with Gasteiger partial charge in [0.1, 0.15) is 10.4 Å². The van der Waals surface area contributed by atoms with E-state index < -0.39 is 0 Å². The van der Waals surface area contributed by atoms with Gasteiger partial charge in [0.2, 0.25) is 5.91 Å². The number of halogens is 1. The summed E-state index contributed by atoms with van der Waals surface area (Å²) in [6.45, 7) is 5.06. The quantitative estimate of drug-likeness (QED) is 0.828. The van der Waals surface area contributed by atoms with Crippen LogP contribution in [0.3, 0.4) is 0 Å². The van der Waals surface area contributed by atoms with E-state index in [-0.39, 0.29) is 17.9 Å². The predicted octanol–water partition coefficient (Wildman–Crippen LogP) is 2.19. The van der Waals surface area contributed by atoms with Gasteiger partial charge in [-0.15, -0.1) is 0 Å². The van der Waals surface area contributed by atoms with Crippen LogP contribution in [-0.2, 0) is 22.6 Å². The summed E-state index contributed by atoms with van der Waals surface area (Å²) in [5, 5.41) is 0. The third-order valence-electron chi connectivity index (χ3n) is 4.29. The lowest BCUT2D eigenvalue weighted by Gasteiger charge is -2.36. The molecule has 0 bridgehead atoms.